The van der Waals surface area contributed by atoms with E-state index in [0.717, 1.165) is 12.0 Å². The van der Waals surface area contributed by atoms with Crippen LogP contribution in [0.2, 0.25) is 0 Å². The predicted octanol–water partition coefficient (Wildman–Crippen LogP) is 2.01. The Morgan fingerprint density at radius 2 is 2.00 bits per heavy atom. The monoisotopic (exact) mass is 152 g/mol. The van der Waals surface area contributed by atoms with E-state index >= 15 is 0 Å². The Morgan fingerprint density at radius 1 is 1.27 bits per heavy atom. The van der Waals surface area contributed by atoms with Gasteiger partial charge in [0.05, 0.1) is 14.2 Å². The Hall–Kier alpha value is -1.18. The SMILES string of the molecule is COC(OC)=C1C=CC=CC1. The average molecular weight is 152 g/mol. The molecule has 0 atom stereocenters. The number of allylic oxidation sites excluding steroid dienone is 5. The zero-order chi connectivity index (χ0) is 8.10. The van der Waals surface area contributed by atoms with Crippen molar-refractivity contribution in [1.82, 2.24) is 0 Å². The smallest absolute Gasteiger partial charge is 0.282 e. The van der Waals surface area contributed by atoms with Crippen LogP contribution in [0.5, 0.6) is 0 Å². The van der Waals surface area contributed by atoms with E-state index in [2.05, 4.69) is 6.08 Å². The number of ether oxygens (including phenoxy) is 2. The highest BCUT2D eigenvalue weighted by molar-refractivity contribution is 5.30. The molecule has 1 aliphatic carbocycles. The van der Waals surface area contributed by atoms with Crippen molar-refractivity contribution in [3.05, 3.63) is 35.8 Å². The molecule has 0 radical (unpaired) electrons. The molecule has 0 saturated carbocycles. The normalized spacial score (nSPS) is 14.9. The molecule has 0 aromatic rings. The number of hydrogen-bond donors (Lipinski definition) is 0. The van der Waals surface area contributed by atoms with Crippen molar-refractivity contribution in [3.8, 4) is 0 Å². The zero-order valence-electron chi connectivity index (χ0n) is 6.83. The molecule has 0 fully saturated rings. The molecule has 0 spiro atoms. The summed E-state index contributed by atoms with van der Waals surface area (Å²) in [7, 11) is 3.22. The summed E-state index contributed by atoms with van der Waals surface area (Å²) in [6.45, 7) is 0. The molecule has 2 heteroatoms. The molecule has 60 valence electrons. The fourth-order valence-corrected chi connectivity index (χ4v) is 1.01. The van der Waals surface area contributed by atoms with Crippen molar-refractivity contribution in [2.45, 2.75) is 6.42 Å². The van der Waals surface area contributed by atoms with Gasteiger partial charge in [0.1, 0.15) is 0 Å². The Morgan fingerprint density at radius 3 is 2.45 bits per heavy atom. The van der Waals surface area contributed by atoms with E-state index in [0.29, 0.717) is 5.95 Å². The largest absolute Gasteiger partial charge is 0.469 e. The fraction of sp³-hybridized carbons (Fsp3) is 0.333. The summed E-state index contributed by atoms with van der Waals surface area (Å²) in [5.41, 5.74) is 1.08. The van der Waals surface area contributed by atoms with Crippen LogP contribution in [0.25, 0.3) is 0 Å². The molecule has 0 saturated heterocycles. The molecule has 0 aromatic carbocycles. The minimum Gasteiger partial charge on any atom is -0.469 e. The minimum atomic E-state index is 0.602. The molecule has 11 heavy (non-hydrogen) atoms. The van der Waals surface area contributed by atoms with E-state index in [4.69, 9.17) is 9.47 Å². The predicted molar refractivity (Wildman–Crippen MR) is 43.9 cm³/mol. The molecule has 0 aromatic heterocycles. The summed E-state index contributed by atoms with van der Waals surface area (Å²) >= 11 is 0. The summed E-state index contributed by atoms with van der Waals surface area (Å²) in [5, 5.41) is 0. The Bertz CT molecular complexity index is 206. The second-order valence-electron chi connectivity index (χ2n) is 2.21. The highest BCUT2D eigenvalue weighted by atomic mass is 16.7. The van der Waals surface area contributed by atoms with Crippen LogP contribution in [0.4, 0.5) is 0 Å². The lowest BCUT2D eigenvalue weighted by Crippen LogP contribution is -1.95. The molecule has 0 heterocycles. The average Bonchev–Trinajstić information content (AvgIpc) is 2.09. The van der Waals surface area contributed by atoms with Crippen molar-refractivity contribution in [2.75, 3.05) is 14.2 Å². The van der Waals surface area contributed by atoms with Crippen molar-refractivity contribution >= 4 is 0 Å². The molecule has 0 unspecified atom stereocenters. The first kappa shape index (κ1) is 7.92. The quantitative estimate of drug-likeness (QED) is 0.563. The van der Waals surface area contributed by atoms with Gasteiger partial charge in [-0.25, -0.2) is 0 Å². The maximum atomic E-state index is 5.01. The highest BCUT2D eigenvalue weighted by Gasteiger charge is 2.03. The molecular formula is C9H12O2. The van der Waals surface area contributed by atoms with Crippen LogP contribution in [-0.2, 0) is 9.47 Å². The van der Waals surface area contributed by atoms with Crippen molar-refractivity contribution < 1.29 is 9.47 Å². The van der Waals surface area contributed by atoms with E-state index in [1.165, 1.54) is 0 Å². The van der Waals surface area contributed by atoms with Gasteiger partial charge in [0.2, 0.25) is 0 Å². The fourth-order valence-electron chi connectivity index (χ4n) is 1.01. The lowest BCUT2D eigenvalue weighted by Gasteiger charge is -2.09. The molecule has 0 N–H and O–H groups in total. The second kappa shape index (κ2) is 3.86. The Labute approximate surface area is 66.8 Å². The van der Waals surface area contributed by atoms with Gasteiger partial charge in [-0.2, -0.15) is 0 Å². The molecule has 1 rings (SSSR count). The van der Waals surface area contributed by atoms with Gasteiger partial charge in [-0.05, 0) is 6.42 Å². The van der Waals surface area contributed by atoms with Gasteiger partial charge in [0, 0.05) is 5.57 Å². The van der Waals surface area contributed by atoms with E-state index in [9.17, 15) is 0 Å². The maximum Gasteiger partial charge on any atom is 0.282 e. The molecule has 0 bridgehead atoms. The van der Waals surface area contributed by atoms with Crippen molar-refractivity contribution in [1.29, 1.82) is 0 Å². The minimum absolute atomic E-state index is 0.602. The van der Waals surface area contributed by atoms with Gasteiger partial charge in [-0.15, -0.1) is 0 Å². The number of hydrogen-bond acceptors (Lipinski definition) is 2. The lowest BCUT2D eigenvalue weighted by atomic mass is 10.1. The summed E-state index contributed by atoms with van der Waals surface area (Å²) in [5.74, 6) is 0.602. The van der Waals surface area contributed by atoms with E-state index in [1.54, 1.807) is 14.2 Å². The van der Waals surface area contributed by atoms with Crippen molar-refractivity contribution in [3.63, 3.8) is 0 Å². The Balaban J connectivity index is 2.77. The highest BCUT2D eigenvalue weighted by Crippen LogP contribution is 2.15. The molecular weight excluding hydrogens is 140 g/mol. The molecule has 0 amide bonds. The van der Waals surface area contributed by atoms with Crippen LogP contribution in [0.15, 0.2) is 35.8 Å². The first-order valence-electron chi connectivity index (χ1n) is 3.53. The molecule has 2 nitrogen and oxygen atoms in total. The van der Waals surface area contributed by atoms with Crippen molar-refractivity contribution in [2.24, 2.45) is 0 Å². The summed E-state index contributed by atoms with van der Waals surface area (Å²) in [6.07, 6.45) is 8.91. The van der Waals surface area contributed by atoms with Crippen LogP contribution in [0.3, 0.4) is 0 Å². The first-order valence-corrected chi connectivity index (χ1v) is 3.53. The summed E-state index contributed by atoms with van der Waals surface area (Å²) in [4.78, 5) is 0. The van der Waals surface area contributed by atoms with Crippen LogP contribution < -0.4 is 0 Å². The van der Waals surface area contributed by atoms with Crippen LogP contribution in [0, 0.1) is 0 Å². The van der Waals surface area contributed by atoms with Gasteiger partial charge >= 0.3 is 0 Å². The van der Waals surface area contributed by atoms with Gasteiger partial charge in [0.25, 0.3) is 5.95 Å². The second-order valence-corrected chi connectivity index (χ2v) is 2.21. The number of methoxy groups -OCH3 is 2. The Kier molecular flexibility index (Phi) is 2.78. The van der Waals surface area contributed by atoms with Gasteiger partial charge in [-0.1, -0.05) is 24.3 Å². The van der Waals surface area contributed by atoms with Crippen LogP contribution in [-0.4, -0.2) is 14.2 Å². The topological polar surface area (TPSA) is 18.5 Å². The van der Waals surface area contributed by atoms with Gasteiger partial charge < -0.3 is 9.47 Å². The van der Waals surface area contributed by atoms with E-state index < -0.39 is 0 Å². The maximum absolute atomic E-state index is 5.01. The standard InChI is InChI=1S/C9H12O2/c1-10-9(11-2)8-6-4-3-5-7-8/h3-6H,7H2,1-2H3. The van der Waals surface area contributed by atoms with Crippen LogP contribution >= 0.6 is 0 Å². The lowest BCUT2D eigenvalue weighted by molar-refractivity contribution is 0.0914. The third kappa shape index (κ3) is 1.87. The van der Waals surface area contributed by atoms with Crippen LogP contribution in [0.1, 0.15) is 6.42 Å². The van der Waals surface area contributed by atoms with E-state index in [-0.39, 0.29) is 0 Å². The summed E-state index contributed by atoms with van der Waals surface area (Å²) < 4.78 is 10.0. The van der Waals surface area contributed by atoms with E-state index in [1.807, 2.05) is 18.2 Å². The number of rotatable bonds is 2. The molecule has 1 aliphatic rings. The zero-order valence-corrected chi connectivity index (χ0v) is 6.83. The summed E-state index contributed by atoms with van der Waals surface area (Å²) in [6, 6.07) is 0. The van der Waals surface area contributed by atoms with Gasteiger partial charge in [0.15, 0.2) is 0 Å². The first-order chi connectivity index (χ1) is 5.38. The third-order valence-electron chi connectivity index (χ3n) is 1.52. The molecule has 0 aliphatic heterocycles. The van der Waals surface area contributed by atoms with Gasteiger partial charge in [-0.3, -0.25) is 0 Å². The third-order valence-corrected chi connectivity index (χ3v) is 1.52.